The van der Waals surface area contributed by atoms with E-state index in [1.165, 1.54) is 19.1 Å². The average molecular weight is 585 g/mol. The van der Waals surface area contributed by atoms with Crippen molar-refractivity contribution in [3.05, 3.63) is 125 Å². The van der Waals surface area contributed by atoms with Gasteiger partial charge >= 0.3 is 19.2 Å². The zero-order valence-corrected chi connectivity index (χ0v) is 24.7. The molecule has 3 aromatic carbocycles. The van der Waals surface area contributed by atoms with E-state index in [0.29, 0.717) is 22.4 Å². The maximum Gasteiger partial charge on any atom is 0.542 e. The van der Waals surface area contributed by atoms with E-state index in [1.807, 2.05) is 80.6 Å². The van der Waals surface area contributed by atoms with Crippen LogP contribution in [0.4, 0.5) is 4.39 Å². The normalized spacial score (nSPS) is 13.7. The zero-order chi connectivity index (χ0) is 30.4. The highest BCUT2D eigenvalue weighted by Gasteiger charge is 2.62. The lowest BCUT2D eigenvalue weighted by atomic mass is 9.85. The molecule has 0 aliphatic carbocycles. The van der Waals surface area contributed by atoms with Crippen LogP contribution in [0.2, 0.25) is 0 Å². The summed E-state index contributed by atoms with van der Waals surface area (Å²) in [6.07, 6.45) is -1.62. The Bertz CT molecular complexity index is 1590. The SMILES string of the molecule is CO[P+](=O)C(C#Cc1c(-c2ccc(F)cc2)cc(C(c2ccccc2)c2ccccc2)nc1C(C)C)(C(=O)O)C(C)O. The van der Waals surface area contributed by atoms with Crippen molar-refractivity contribution in [1.29, 1.82) is 0 Å². The second kappa shape index (κ2) is 13.2. The summed E-state index contributed by atoms with van der Waals surface area (Å²) in [5, 5.41) is 18.1. The first-order valence-corrected chi connectivity index (χ1v) is 14.6. The second-order valence-corrected chi connectivity index (χ2v) is 11.8. The number of benzene rings is 3. The van der Waals surface area contributed by atoms with Gasteiger partial charge in [0.1, 0.15) is 11.9 Å². The summed E-state index contributed by atoms with van der Waals surface area (Å²) < 4.78 is 31.7. The van der Waals surface area contributed by atoms with Gasteiger partial charge in [-0.2, -0.15) is 0 Å². The molecule has 0 spiro atoms. The molecular weight excluding hydrogens is 552 g/mol. The molecule has 0 radical (unpaired) electrons. The van der Waals surface area contributed by atoms with Crippen LogP contribution in [0.5, 0.6) is 0 Å². The van der Waals surface area contributed by atoms with Gasteiger partial charge in [0.2, 0.25) is 0 Å². The number of halogens is 1. The van der Waals surface area contributed by atoms with Gasteiger partial charge in [-0.25, -0.2) is 9.18 Å². The van der Waals surface area contributed by atoms with Gasteiger partial charge in [0.05, 0.1) is 30.0 Å². The Labute approximate surface area is 246 Å². The number of aromatic nitrogens is 1. The molecule has 3 atom stereocenters. The predicted molar refractivity (Wildman–Crippen MR) is 161 cm³/mol. The summed E-state index contributed by atoms with van der Waals surface area (Å²) in [5.74, 6) is 3.15. The van der Waals surface area contributed by atoms with Crippen LogP contribution in [0.15, 0.2) is 91.0 Å². The molecule has 214 valence electrons. The van der Waals surface area contributed by atoms with Crippen LogP contribution < -0.4 is 0 Å². The molecule has 1 aromatic heterocycles. The Hall–Kier alpha value is -4.21. The Balaban J connectivity index is 2.08. The van der Waals surface area contributed by atoms with Crippen molar-refractivity contribution in [3.8, 4) is 23.0 Å². The van der Waals surface area contributed by atoms with Gasteiger partial charge in [-0.15, -0.1) is 4.52 Å². The molecule has 0 bridgehead atoms. The van der Waals surface area contributed by atoms with Crippen molar-refractivity contribution in [2.75, 3.05) is 7.11 Å². The van der Waals surface area contributed by atoms with Gasteiger partial charge in [0.25, 0.3) is 0 Å². The highest BCUT2D eigenvalue weighted by Crippen LogP contribution is 2.43. The summed E-state index contributed by atoms with van der Waals surface area (Å²) in [6.45, 7) is 5.10. The number of carboxylic acids is 1. The first-order valence-electron chi connectivity index (χ1n) is 13.5. The van der Waals surface area contributed by atoms with E-state index >= 15 is 0 Å². The maximum absolute atomic E-state index is 14.0. The van der Waals surface area contributed by atoms with Crippen LogP contribution in [0.3, 0.4) is 0 Å². The lowest BCUT2D eigenvalue weighted by Gasteiger charge is -2.22. The van der Waals surface area contributed by atoms with E-state index in [0.717, 1.165) is 23.9 Å². The first kappa shape index (κ1) is 30.7. The fourth-order valence-electron chi connectivity index (χ4n) is 4.88. The predicted octanol–water partition coefficient (Wildman–Crippen LogP) is 7.14. The molecule has 0 saturated heterocycles. The Morgan fingerprint density at radius 1 is 0.952 bits per heavy atom. The number of rotatable bonds is 9. The molecule has 42 heavy (non-hydrogen) atoms. The summed E-state index contributed by atoms with van der Waals surface area (Å²) in [5.41, 5.74) is 4.98. The highest BCUT2D eigenvalue weighted by molar-refractivity contribution is 7.43. The molecule has 4 rings (SSSR count). The number of hydrogen-bond donors (Lipinski definition) is 2. The van der Waals surface area contributed by atoms with E-state index in [9.17, 15) is 24.0 Å². The van der Waals surface area contributed by atoms with Gasteiger partial charge < -0.3 is 10.2 Å². The molecule has 4 aromatic rings. The van der Waals surface area contributed by atoms with Crippen molar-refractivity contribution in [1.82, 2.24) is 4.98 Å². The van der Waals surface area contributed by atoms with E-state index < -0.39 is 31.1 Å². The third kappa shape index (κ3) is 6.17. The molecule has 6 nitrogen and oxygen atoms in total. The largest absolute Gasteiger partial charge is 0.542 e. The molecule has 0 aliphatic rings. The molecule has 8 heteroatoms. The van der Waals surface area contributed by atoms with E-state index in [2.05, 4.69) is 11.8 Å². The monoisotopic (exact) mass is 584 g/mol. The smallest absolute Gasteiger partial charge is 0.477 e. The molecule has 0 saturated carbocycles. The van der Waals surface area contributed by atoms with Gasteiger partial charge in [-0.1, -0.05) is 92.6 Å². The zero-order valence-electron chi connectivity index (χ0n) is 23.8. The fraction of sp³-hybridized carbons (Fsp3) is 0.235. The number of aliphatic hydroxyl groups is 1. The number of nitrogens with zero attached hydrogens (tertiary/aromatic N) is 1. The van der Waals surface area contributed by atoms with Gasteiger partial charge in [0, 0.05) is 5.56 Å². The van der Waals surface area contributed by atoms with Crippen LogP contribution in [-0.2, 0) is 13.9 Å². The van der Waals surface area contributed by atoms with E-state index in [4.69, 9.17) is 9.51 Å². The fourth-order valence-corrected chi connectivity index (χ4v) is 5.78. The van der Waals surface area contributed by atoms with Crippen molar-refractivity contribution >= 4 is 14.0 Å². The van der Waals surface area contributed by atoms with E-state index in [-0.39, 0.29) is 11.8 Å². The molecule has 0 aliphatic heterocycles. The number of carboxylic acid groups (broad SMARTS) is 1. The minimum atomic E-state index is -2.91. The molecule has 0 amide bonds. The molecular formula is C34H32FNO5P+. The molecule has 0 fully saturated rings. The van der Waals surface area contributed by atoms with Crippen molar-refractivity contribution in [2.24, 2.45) is 0 Å². The number of aliphatic hydroxyl groups excluding tert-OH is 1. The van der Waals surface area contributed by atoms with Crippen LogP contribution in [0.1, 0.15) is 60.7 Å². The summed E-state index contributed by atoms with van der Waals surface area (Å²) in [6, 6.07) is 27.7. The van der Waals surface area contributed by atoms with Gasteiger partial charge in [0.15, 0.2) is 0 Å². The number of pyridine rings is 1. The van der Waals surface area contributed by atoms with Crippen LogP contribution in [0.25, 0.3) is 11.1 Å². The highest BCUT2D eigenvalue weighted by atomic mass is 31.1. The Morgan fingerprint density at radius 2 is 1.50 bits per heavy atom. The number of hydrogen-bond acceptors (Lipinski definition) is 5. The molecule has 3 unspecified atom stereocenters. The second-order valence-electron chi connectivity index (χ2n) is 10.2. The number of aliphatic carboxylic acids is 1. The molecule has 2 N–H and O–H groups in total. The van der Waals surface area contributed by atoms with Crippen LogP contribution in [-0.4, -0.2) is 39.5 Å². The minimum absolute atomic E-state index is 0.164. The van der Waals surface area contributed by atoms with Crippen molar-refractivity contribution < 1.29 is 28.5 Å². The van der Waals surface area contributed by atoms with Gasteiger partial charge in [-0.05, 0) is 58.2 Å². The molecule has 1 heterocycles. The summed E-state index contributed by atoms with van der Waals surface area (Å²) in [4.78, 5) is 17.5. The summed E-state index contributed by atoms with van der Waals surface area (Å²) >= 11 is 0. The minimum Gasteiger partial charge on any atom is -0.477 e. The third-order valence-electron chi connectivity index (χ3n) is 7.09. The van der Waals surface area contributed by atoms with Gasteiger partial charge in [-0.3, -0.25) is 4.98 Å². The third-order valence-corrected chi connectivity index (χ3v) is 8.68. The maximum atomic E-state index is 14.0. The number of carbonyl (C=O) groups is 1. The van der Waals surface area contributed by atoms with E-state index in [1.54, 1.807) is 12.1 Å². The topological polar surface area (TPSA) is 96.7 Å². The lowest BCUT2D eigenvalue weighted by molar-refractivity contribution is -0.141. The summed E-state index contributed by atoms with van der Waals surface area (Å²) in [7, 11) is -1.81. The average Bonchev–Trinajstić information content (AvgIpc) is 2.98. The van der Waals surface area contributed by atoms with Crippen molar-refractivity contribution in [2.45, 2.75) is 43.9 Å². The lowest BCUT2D eigenvalue weighted by Crippen LogP contribution is -2.44. The standard InChI is InChI=1S/C34H31FNO5P/c1-22(2)32-28(19-20-34(23(3)37,33(38)39)42(40)41-4)29(24-15-17-27(35)18-16-24)21-30(36-32)31(25-11-7-5-8-12-25)26-13-9-6-10-14-26/h5-18,21-23,31,37H,1-4H3/p+1. The first-order chi connectivity index (χ1) is 20.1. The Kier molecular flexibility index (Phi) is 9.65. The quantitative estimate of drug-likeness (QED) is 0.160. The van der Waals surface area contributed by atoms with Crippen molar-refractivity contribution in [3.63, 3.8) is 0 Å². The van der Waals surface area contributed by atoms with Crippen LogP contribution in [0, 0.1) is 17.7 Å². The van der Waals surface area contributed by atoms with Crippen LogP contribution >= 0.6 is 8.03 Å². The Morgan fingerprint density at radius 3 is 1.95 bits per heavy atom.